The molecule has 0 amide bonds. The van der Waals surface area contributed by atoms with Gasteiger partial charge >= 0.3 is 12.4 Å². The van der Waals surface area contributed by atoms with Crippen molar-refractivity contribution in [2.75, 3.05) is 26.2 Å². The van der Waals surface area contributed by atoms with Crippen molar-refractivity contribution in [3.63, 3.8) is 0 Å². The molecule has 24 heavy (non-hydrogen) atoms. The molecule has 1 aromatic carbocycles. The minimum atomic E-state index is -4.68. The molecular formula is C15H17F7N2. The predicted octanol–water partition coefficient (Wildman–Crippen LogP) is 4.13. The fraction of sp³-hybridized carbons (Fsp3) is 0.600. The summed E-state index contributed by atoms with van der Waals surface area (Å²) in [4.78, 5) is 1.60. The third kappa shape index (κ3) is 5.07. The summed E-state index contributed by atoms with van der Waals surface area (Å²) in [7, 11) is 0. The van der Waals surface area contributed by atoms with Gasteiger partial charge in [-0.1, -0.05) is 0 Å². The highest BCUT2D eigenvalue weighted by molar-refractivity contribution is 5.29. The lowest BCUT2D eigenvalue weighted by molar-refractivity contribution is -0.140. The fourth-order valence-electron chi connectivity index (χ4n) is 2.80. The zero-order valence-corrected chi connectivity index (χ0v) is 12.6. The normalized spacial score (nSPS) is 18.6. The van der Waals surface area contributed by atoms with Crippen LogP contribution in [0.4, 0.5) is 30.7 Å². The van der Waals surface area contributed by atoms with Crippen molar-refractivity contribution in [2.24, 2.45) is 0 Å². The number of hydrogen-bond acceptors (Lipinski definition) is 2. The van der Waals surface area contributed by atoms with Gasteiger partial charge in [-0.3, -0.25) is 4.90 Å². The van der Waals surface area contributed by atoms with E-state index in [1.165, 1.54) is 0 Å². The topological polar surface area (TPSA) is 15.3 Å². The third-order valence-corrected chi connectivity index (χ3v) is 3.98. The largest absolute Gasteiger partial charge is 0.416 e. The highest BCUT2D eigenvalue weighted by atomic mass is 19.4. The number of benzene rings is 1. The summed E-state index contributed by atoms with van der Waals surface area (Å²) >= 11 is 0. The first-order valence-corrected chi connectivity index (χ1v) is 7.46. The fourth-order valence-corrected chi connectivity index (χ4v) is 2.80. The molecule has 1 N–H and O–H groups in total. The zero-order valence-electron chi connectivity index (χ0n) is 12.6. The van der Waals surface area contributed by atoms with Crippen LogP contribution in [-0.4, -0.2) is 37.3 Å². The number of nitrogens with zero attached hydrogens (tertiary/aromatic N) is 1. The van der Waals surface area contributed by atoms with Crippen LogP contribution in [0.1, 0.15) is 30.0 Å². The van der Waals surface area contributed by atoms with Gasteiger partial charge < -0.3 is 5.32 Å². The molecule has 1 saturated heterocycles. The van der Waals surface area contributed by atoms with E-state index in [0.717, 1.165) is 0 Å². The van der Waals surface area contributed by atoms with E-state index in [0.29, 0.717) is 44.4 Å². The van der Waals surface area contributed by atoms with Crippen molar-refractivity contribution in [3.8, 4) is 0 Å². The van der Waals surface area contributed by atoms with Crippen molar-refractivity contribution in [2.45, 2.75) is 31.2 Å². The number of rotatable bonds is 4. The molecular weight excluding hydrogens is 341 g/mol. The van der Waals surface area contributed by atoms with Crippen molar-refractivity contribution in [1.29, 1.82) is 0 Å². The van der Waals surface area contributed by atoms with Crippen LogP contribution in [0.15, 0.2) is 18.2 Å². The number of nitrogens with one attached hydrogen (secondary N) is 1. The maximum Gasteiger partial charge on any atom is 0.416 e. The molecule has 0 bridgehead atoms. The Hall–Kier alpha value is -1.35. The van der Waals surface area contributed by atoms with Crippen LogP contribution in [0.2, 0.25) is 0 Å². The molecule has 1 heterocycles. The summed E-state index contributed by atoms with van der Waals surface area (Å²) in [6, 6.07) is 0.840. The second-order valence-electron chi connectivity index (χ2n) is 5.69. The first kappa shape index (κ1) is 19.0. The Kier molecular flexibility index (Phi) is 5.74. The van der Waals surface area contributed by atoms with Gasteiger partial charge in [0.25, 0.3) is 0 Å². The Morgan fingerprint density at radius 3 is 2.21 bits per heavy atom. The van der Waals surface area contributed by atoms with Crippen LogP contribution in [-0.2, 0) is 6.18 Å². The standard InChI is InChI=1S/C15H17F7N2/c16-12-2-1-10(15(20,21)22)9-11(12)13(3-4-14(17,18)19)24-7-5-23-6-8-24/h1-2,9,13,23H,3-8H2/t13-/m1/s1. The van der Waals surface area contributed by atoms with Crippen LogP contribution in [0, 0.1) is 5.82 Å². The summed E-state index contributed by atoms with van der Waals surface area (Å²) in [6.07, 6.45) is -10.8. The lowest BCUT2D eigenvalue weighted by atomic mass is 9.96. The Bertz CT molecular complexity index is 548. The zero-order chi connectivity index (χ0) is 18.0. The Morgan fingerprint density at radius 2 is 1.67 bits per heavy atom. The van der Waals surface area contributed by atoms with Gasteiger partial charge in [-0.15, -0.1) is 0 Å². The molecule has 9 heteroatoms. The maximum absolute atomic E-state index is 14.1. The molecule has 1 aromatic rings. The minimum absolute atomic E-state index is 0.337. The van der Waals surface area contributed by atoms with Gasteiger partial charge in [-0.2, -0.15) is 26.3 Å². The lowest BCUT2D eigenvalue weighted by Crippen LogP contribution is -2.45. The van der Waals surface area contributed by atoms with E-state index in [-0.39, 0.29) is 5.56 Å². The highest BCUT2D eigenvalue weighted by Gasteiger charge is 2.35. The quantitative estimate of drug-likeness (QED) is 0.814. The number of alkyl halides is 6. The Morgan fingerprint density at radius 1 is 1.04 bits per heavy atom. The first-order valence-electron chi connectivity index (χ1n) is 7.46. The van der Waals surface area contributed by atoms with Crippen LogP contribution in [0.3, 0.4) is 0 Å². The Labute approximate surface area is 134 Å². The monoisotopic (exact) mass is 358 g/mol. The van der Waals surface area contributed by atoms with Gasteiger partial charge in [-0.05, 0) is 24.6 Å². The number of hydrogen-bond donors (Lipinski definition) is 1. The van der Waals surface area contributed by atoms with E-state index in [1.54, 1.807) is 4.90 Å². The predicted molar refractivity (Wildman–Crippen MR) is 73.9 cm³/mol. The number of halogens is 7. The van der Waals surface area contributed by atoms with Crippen molar-refractivity contribution in [3.05, 3.63) is 35.1 Å². The molecule has 0 spiro atoms. The highest BCUT2D eigenvalue weighted by Crippen LogP contribution is 2.36. The number of piperazine rings is 1. The summed E-state index contributed by atoms with van der Waals surface area (Å²) in [5.74, 6) is -0.922. The molecule has 0 saturated carbocycles. The molecule has 0 radical (unpaired) electrons. The molecule has 0 aliphatic carbocycles. The molecule has 1 aliphatic rings. The van der Waals surface area contributed by atoms with E-state index < -0.39 is 42.6 Å². The first-order chi connectivity index (χ1) is 11.1. The van der Waals surface area contributed by atoms with Gasteiger partial charge in [-0.25, -0.2) is 4.39 Å². The smallest absolute Gasteiger partial charge is 0.314 e. The van der Waals surface area contributed by atoms with E-state index in [4.69, 9.17) is 0 Å². The maximum atomic E-state index is 14.1. The lowest BCUT2D eigenvalue weighted by Gasteiger charge is -2.35. The molecule has 2 nitrogen and oxygen atoms in total. The average Bonchev–Trinajstić information content (AvgIpc) is 2.48. The van der Waals surface area contributed by atoms with E-state index >= 15 is 0 Å². The van der Waals surface area contributed by atoms with Crippen molar-refractivity contribution < 1.29 is 30.7 Å². The van der Waals surface area contributed by atoms with Crippen molar-refractivity contribution >= 4 is 0 Å². The second kappa shape index (κ2) is 7.26. The SMILES string of the molecule is Fc1ccc(C(F)(F)F)cc1[C@@H](CCC(F)(F)F)N1CCNCC1. The average molecular weight is 358 g/mol. The van der Waals surface area contributed by atoms with Crippen LogP contribution >= 0.6 is 0 Å². The van der Waals surface area contributed by atoms with Crippen LogP contribution in [0.25, 0.3) is 0 Å². The second-order valence-corrected chi connectivity index (χ2v) is 5.69. The molecule has 1 atom stereocenters. The molecule has 0 unspecified atom stereocenters. The van der Waals surface area contributed by atoms with Crippen LogP contribution < -0.4 is 5.32 Å². The molecule has 136 valence electrons. The third-order valence-electron chi connectivity index (χ3n) is 3.98. The van der Waals surface area contributed by atoms with E-state index in [9.17, 15) is 30.7 Å². The van der Waals surface area contributed by atoms with Gasteiger partial charge in [0.05, 0.1) is 5.56 Å². The van der Waals surface area contributed by atoms with Gasteiger partial charge in [0, 0.05) is 44.2 Å². The molecule has 1 fully saturated rings. The molecule has 1 aliphatic heterocycles. The molecule has 0 aromatic heterocycles. The Balaban J connectivity index is 2.34. The van der Waals surface area contributed by atoms with Crippen molar-refractivity contribution in [1.82, 2.24) is 10.2 Å². The summed E-state index contributed by atoms with van der Waals surface area (Å²) in [5, 5.41) is 3.01. The van der Waals surface area contributed by atoms with Gasteiger partial charge in [0.15, 0.2) is 0 Å². The van der Waals surface area contributed by atoms with Gasteiger partial charge in [0.2, 0.25) is 0 Å². The summed E-state index contributed by atoms with van der Waals surface area (Å²) < 4.78 is 90.3. The summed E-state index contributed by atoms with van der Waals surface area (Å²) in [6.45, 7) is 1.67. The summed E-state index contributed by atoms with van der Waals surface area (Å²) in [5.41, 5.74) is -1.40. The minimum Gasteiger partial charge on any atom is -0.314 e. The van der Waals surface area contributed by atoms with E-state index in [1.807, 2.05) is 0 Å². The van der Waals surface area contributed by atoms with E-state index in [2.05, 4.69) is 5.32 Å². The van der Waals surface area contributed by atoms with Gasteiger partial charge in [0.1, 0.15) is 5.82 Å². The van der Waals surface area contributed by atoms with Crippen LogP contribution in [0.5, 0.6) is 0 Å². The molecule has 2 rings (SSSR count).